The molecule has 0 aliphatic rings. The molecule has 274 valence electrons. The third kappa shape index (κ3) is 7.78. The summed E-state index contributed by atoms with van der Waals surface area (Å²) in [6, 6.07) is 39.0. The minimum absolute atomic E-state index is 0. The first kappa shape index (κ1) is 38.3. The SMILES string of the molecule is Cc1nn(-c2[c-]c(Oc3[c-]c4c(cc3)c3cc(C(C)C(C)C(C)(C)C)ccc3n4-c3cc(CCC(C)C)ccn3)ccc2)c(C)c1-c1ccccc1.[Pt+2]. The summed E-state index contributed by atoms with van der Waals surface area (Å²) in [6.45, 7) is 20.4. The number of rotatable bonds is 10. The molecule has 0 fully saturated rings. The quantitative estimate of drug-likeness (QED) is 0.129. The predicted octanol–water partition coefficient (Wildman–Crippen LogP) is 12.4. The molecule has 3 heterocycles. The van der Waals surface area contributed by atoms with Gasteiger partial charge in [0, 0.05) is 34.5 Å². The molecule has 4 aromatic carbocycles. The number of aromatic nitrogens is 4. The van der Waals surface area contributed by atoms with E-state index in [0.717, 1.165) is 63.3 Å². The van der Waals surface area contributed by atoms with Gasteiger partial charge >= 0.3 is 21.1 Å². The second-order valence-corrected chi connectivity index (χ2v) is 15.9. The van der Waals surface area contributed by atoms with Gasteiger partial charge in [-0.15, -0.1) is 35.7 Å². The predicted molar refractivity (Wildman–Crippen MR) is 215 cm³/mol. The number of pyridine rings is 1. The Morgan fingerprint density at radius 3 is 2.28 bits per heavy atom. The van der Waals surface area contributed by atoms with Crippen LogP contribution in [0.5, 0.6) is 11.5 Å². The van der Waals surface area contributed by atoms with Gasteiger partial charge in [0.25, 0.3) is 0 Å². The van der Waals surface area contributed by atoms with Crippen LogP contribution >= 0.6 is 0 Å². The van der Waals surface area contributed by atoms with Crippen LogP contribution in [0.3, 0.4) is 0 Å². The molecule has 53 heavy (non-hydrogen) atoms. The van der Waals surface area contributed by atoms with Crippen LogP contribution in [-0.2, 0) is 27.5 Å². The Labute approximate surface area is 329 Å². The van der Waals surface area contributed by atoms with Gasteiger partial charge in [-0.1, -0.05) is 96.4 Å². The van der Waals surface area contributed by atoms with Gasteiger partial charge in [-0.3, -0.25) is 4.68 Å². The van der Waals surface area contributed by atoms with E-state index in [9.17, 15) is 0 Å². The van der Waals surface area contributed by atoms with Crippen LogP contribution in [0.25, 0.3) is 44.4 Å². The van der Waals surface area contributed by atoms with Crippen molar-refractivity contribution in [1.29, 1.82) is 0 Å². The standard InChI is InChI=1S/C47H50N4O.Pt/c1-30(2)18-19-35-24-25-48-45(26-35)50-43-23-20-37(31(3)32(4)47(7,8)9)27-42(43)41-22-21-40(29-44(41)50)52-39-17-13-16-38(28-39)51-34(6)46(33(5)49-51)36-14-11-10-12-15-36;/h10-17,20-27,30-32H,18-19H2,1-9H3;/q-2;+2. The molecule has 0 saturated heterocycles. The molecule has 0 spiro atoms. The second-order valence-electron chi connectivity index (χ2n) is 15.9. The summed E-state index contributed by atoms with van der Waals surface area (Å²) in [4.78, 5) is 4.91. The molecule has 0 aliphatic heterocycles. The number of benzene rings is 4. The van der Waals surface area contributed by atoms with E-state index in [1.165, 1.54) is 16.5 Å². The van der Waals surface area contributed by atoms with Crippen LogP contribution in [0.2, 0.25) is 0 Å². The number of fused-ring (bicyclic) bond motifs is 3. The fraction of sp³-hybridized carbons (Fsp3) is 0.319. The summed E-state index contributed by atoms with van der Waals surface area (Å²) in [5.41, 5.74) is 10.0. The largest absolute Gasteiger partial charge is 2.00 e. The summed E-state index contributed by atoms with van der Waals surface area (Å²) in [6.07, 6.45) is 4.09. The normalized spacial score (nSPS) is 13.0. The summed E-state index contributed by atoms with van der Waals surface area (Å²) < 4.78 is 10.7. The Morgan fingerprint density at radius 2 is 1.55 bits per heavy atom. The monoisotopic (exact) mass is 881 g/mol. The van der Waals surface area contributed by atoms with Crippen LogP contribution in [0.4, 0.5) is 0 Å². The Morgan fingerprint density at radius 1 is 0.792 bits per heavy atom. The van der Waals surface area contributed by atoms with Crippen LogP contribution in [-0.4, -0.2) is 19.3 Å². The average molecular weight is 882 g/mol. The number of hydrogen-bond donors (Lipinski definition) is 0. The topological polar surface area (TPSA) is 44.9 Å². The molecule has 0 bridgehead atoms. The third-order valence-electron chi connectivity index (χ3n) is 10.9. The smallest absolute Gasteiger partial charge is 0.509 e. The Bertz CT molecular complexity index is 2360. The molecule has 0 radical (unpaired) electrons. The van der Waals surface area contributed by atoms with E-state index >= 15 is 0 Å². The van der Waals surface area contributed by atoms with Crippen molar-refractivity contribution in [3.05, 3.63) is 132 Å². The molecule has 6 heteroatoms. The van der Waals surface area contributed by atoms with Crippen molar-refractivity contribution in [2.75, 3.05) is 0 Å². The van der Waals surface area contributed by atoms with Crippen molar-refractivity contribution < 1.29 is 25.8 Å². The maximum Gasteiger partial charge on any atom is 2.00 e. The molecule has 2 atom stereocenters. The molecule has 3 aromatic heterocycles. The van der Waals surface area contributed by atoms with Crippen molar-refractivity contribution in [3.63, 3.8) is 0 Å². The summed E-state index contributed by atoms with van der Waals surface area (Å²) in [5.74, 6) is 3.66. The maximum absolute atomic E-state index is 6.53. The van der Waals surface area contributed by atoms with E-state index in [0.29, 0.717) is 29.3 Å². The zero-order valence-corrected chi connectivity index (χ0v) is 34.7. The van der Waals surface area contributed by atoms with Gasteiger partial charge in [0.1, 0.15) is 5.82 Å². The van der Waals surface area contributed by atoms with Gasteiger partial charge in [-0.05, 0) is 95.8 Å². The molecule has 2 unspecified atom stereocenters. The van der Waals surface area contributed by atoms with Crippen molar-refractivity contribution in [2.45, 2.75) is 81.1 Å². The second kappa shape index (κ2) is 15.5. The van der Waals surface area contributed by atoms with Crippen molar-refractivity contribution in [3.8, 4) is 34.1 Å². The van der Waals surface area contributed by atoms with E-state index in [2.05, 4.69) is 140 Å². The van der Waals surface area contributed by atoms with Gasteiger partial charge in [0.15, 0.2) is 0 Å². The van der Waals surface area contributed by atoms with Crippen LogP contribution in [0.1, 0.15) is 83.3 Å². The maximum atomic E-state index is 6.53. The van der Waals surface area contributed by atoms with Crippen molar-refractivity contribution in [2.24, 2.45) is 17.3 Å². The first-order valence-electron chi connectivity index (χ1n) is 18.7. The molecular weight excluding hydrogens is 832 g/mol. The first-order chi connectivity index (χ1) is 24.9. The molecule has 0 N–H and O–H groups in total. The minimum Gasteiger partial charge on any atom is -0.509 e. The van der Waals surface area contributed by atoms with E-state index in [1.807, 2.05) is 41.2 Å². The Balaban J connectivity index is 0.00000481. The van der Waals surface area contributed by atoms with E-state index < -0.39 is 0 Å². The van der Waals surface area contributed by atoms with Crippen LogP contribution < -0.4 is 4.74 Å². The van der Waals surface area contributed by atoms with E-state index in [4.69, 9.17) is 14.8 Å². The van der Waals surface area contributed by atoms with Gasteiger partial charge < -0.3 is 9.30 Å². The number of ether oxygens (including phenoxy) is 1. The van der Waals surface area contributed by atoms with Gasteiger partial charge in [-0.25, -0.2) is 4.98 Å². The minimum atomic E-state index is 0. The molecule has 0 saturated carbocycles. The Hall–Kier alpha value is -4.47. The number of nitrogens with zero attached hydrogens (tertiary/aromatic N) is 4. The zero-order chi connectivity index (χ0) is 36.7. The fourth-order valence-electron chi connectivity index (χ4n) is 7.39. The number of hydrogen-bond acceptors (Lipinski definition) is 3. The number of aryl methyl sites for hydroxylation is 2. The van der Waals surface area contributed by atoms with E-state index in [-0.39, 0.29) is 26.5 Å². The Kier molecular flexibility index (Phi) is 11.2. The average Bonchev–Trinajstić information content (AvgIpc) is 3.62. The molecule has 0 amide bonds. The van der Waals surface area contributed by atoms with Crippen LogP contribution in [0.15, 0.2) is 97.2 Å². The summed E-state index contributed by atoms with van der Waals surface area (Å²) >= 11 is 0. The molecular formula is C47H50N4OPt. The summed E-state index contributed by atoms with van der Waals surface area (Å²) in [5, 5.41) is 7.23. The van der Waals surface area contributed by atoms with Crippen molar-refractivity contribution >= 4 is 21.8 Å². The zero-order valence-electron chi connectivity index (χ0n) is 32.4. The van der Waals surface area contributed by atoms with E-state index in [1.54, 1.807) is 0 Å². The summed E-state index contributed by atoms with van der Waals surface area (Å²) in [7, 11) is 0. The third-order valence-corrected chi connectivity index (χ3v) is 10.9. The van der Waals surface area contributed by atoms with Crippen molar-refractivity contribution in [1.82, 2.24) is 19.3 Å². The van der Waals surface area contributed by atoms with Gasteiger partial charge in [0.05, 0.1) is 5.69 Å². The fourth-order valence-corrected chi connectivity index (χ4v) is 7.39. The molecule has 7 rings (SSSR count). The molecule has 0 aliphatic carbocycles. The van der Waals surface area contributed by atoms with Gasteiger partial charge in [0.2, 0.25) is 0 Å². The first-order valence-corrected chi connectivity index (χ1v) is 18.7. The molecule has 5 nitrogen and oxygen atoms in total. The van der Waals surface area contributed by atoms with Gasteiger partial charge in [-0.2, -0.15) is 17.2 Å². The van der Waals surface area contributed by atoms with Crippen LogP contribution in [0, 0.1) is 43.2 Å². The molecule has 7 aromatic rings.